The Morgan fingerprint density at radius 2 is 1.92 bits per heavy atom. The highest BCUT2D eigenvalue weighted by atomic mass is 35.5. The minimum absolute atomic E-state index is 0.218. The molecule has 0 aliphatic heterocycles. The van der Waals surface area contributed by atoms with Gasteiger partial charge in [0, 0.05) is 23.4 Å². The van der Waals surface area contributed by atoms with Crippen LogP contribution in [-0.4, -0.2) is 17.0 Å². The zero-order valence-electron chi connectivity index (χ0n) is 7.11. The average Bonchev–Trinajstić information content (AvgIpc) is 2.91. The van der Waals surface area contributed by atoms with Gasteiger partial charge in [0.2, 0.25) is 0 Å². The maximum absolute atomic E-state index is 11.3. The first kappa shape index (κ1) is 8.57. The van der Waals surface area contributed by atoms with Gasteiger partial charge in [-0.2, -0.15) is 0 Å². The highest BCUT2D eigenvalue weighted by Crippen LogP contribution is 2.22. The molecular weight excluding hydrogens is 186 g/mol. The molecule has 1 aromatic rings. The first-order chi connectivity index (χ1) is 6.25. The van der Waals surface area contributed by atoms with Gasteiger partial charge in [0.1, 0.15) is 0 Å². The maximum atomic E-state index is 11.3. The third-order valence-electron chi connectivity index (χ3n) is 2.05. The van der Waals surface area contributed by atoms with E-state index in [1.807, 2.05) is 12.1 Å². The molecule has 0 amide bonds. The molecule has 0 bridgehead atoms. The molecule has 1 aromatic carbocycles. The molecule has 2 rings (SSSR count). The Bertz CT molecular complexity index is 327. The summed E-state index contributed by atoms with van der Waals surface area (Å²) in [4.78, 5) is 0. The summed E-state index contributed by atoms with van der Waals surface area (Å²) >= 11 is 5.72. The molecular formula is C10H10ClNO. The number of benzene rings is 1. The Balaban J connectivity index is 2.16. The summed E-state index contributed by atoms with van der Waals surface area (Å²) in [5, 5.41) is 12.0. The third-order valence-corrected chi connectivity index (χ3v) is 2.31. The van der Waals surface area contributed by atoms with Crippen LogP contribution in [0.15, 0.2) is 24.3 Å². The van der Waals surface area contributed by atoms with E-state index in [0.29, 0.717) is 5.02 Å². The summed E-state index contributed by atoms with van der Waals surface area (Å²) in [6, 6.07) is 7.48. The third kappa shape index (κ3) is 2.22. The molecule has 1 fully saturated rings. The van der Waals surface area contributed by atoms with Gasteiger partial charge in [-0.15, -0.1) is 0 Å². The number of halogens is 1. The molecule has 1 aliphatic rings. The van der Waals surface area contributed by atoms with E-state index in [4.69, 9.17) is 11.6 Å². The monoisotopic (exact) mass is 195 g/mol. The topological polar surface area (TPSA) is 26.1 Å². The predicted molar refractivity (Wildman–Crippen MR) is 53.3 cm³/mol. The van der Waals surface area contributed by atoms with Gasteiger partial charge in [0.05, 0.1) is 0 Å². The second-order valence-electron chi connectivity index (χ2n) is 3.27. The summed E-state index contributed by atoms with van der Waals surface area (Å²) in [7, 11) is 0. The average molecular weight is 196 g/mol. The van der Waals surface area contributed by atoms with Crippen LogP contribution in [0.25, 0.3) is 0 Å². The Hall–Kier alpha value is -1.02. The fourth-order valence-corrected chi connectivity index (χ4v) is 1.26. The molecule has 68 valence electrons. The van der Waals surface area contributed by atoms with E-state index in [0.717, 1.165) is 23.1 Å². The highest BCUT2D eigenvalue weighted by molar-refractivity contribution is 6.30. The molecule has 0 saturated heterocycles. The van der Waals surface area contributed by atoms with Crippen molar-refractivity contribution in [3.63, 3.8) is 0 Å². The van der Waals surface area contributed by atoms with Crippen molar-refractivity contribution in [1.82, 2.24) is 0 Å². The smallest absolute Gasteiger partial charge is 0.182 e. The second kappa shape index (κ2) is 3.38. The quantitative estimate of drug-likeness (QED) is 0.308. The lowest BCUT2D eigenvalue weighted by atomic mass is 10.2. The van der Waals surface area contributed by atoms with Crippen molar-refractivity contribution in [2.24, 2.45) is 0 Å². The number of hydrogen-bond acceptors (Lipinski definition) is 1. The first-order valence-corrected chi connectivity index (χ1v) is 4.69. The fourth-order valence-electron chi connectivity index (χ4n) is 1.13. The van der Waals surface area contributed by atoms with Gasteiger partial charge >= 0.3 is 0 Å². The van der Waals surface area contributed by atoms with Gasteiger partial charge < -0.3 is 5.21 Å². The minimum atomic E-state index is 0.218. The summed E-state index contributed by atoms with van der Waals surface area (Å²) in [5.74, 6) is 0. The minimum Gasteiger partial charge on any atom is -0.624 e. The molecule has 0 radical (unpaired) electrons. The summed E-state index contributed by atoms with van der Waals surface area (Å²) in [6.45, 7) is 0. The van der Waals surface area contributed by atoms with Crippen molar-refractivity contribution in [3.8, 4) is 0 Å². The van der Waals surface area contributed by atoms with E-state index in [1.54, 1.807) is 18.3 Å². The van der Waals surface area contributed by atoms with Crippen molar-refractivity contribution in [2.45, 2.75) is 18.9 Å². The molecule has 0 aromatic heterocycles. The number of hydrogen-bond donors (Lipinski definition) is 0. The van der Waals surface area contributed by atoms with Crippen LogP contribution in [0.5, 0.6) is 0 Å². The van der Waals surface area contributed by atoms with Crippen LogP contribution in [-0.2, 0) is 0 Å². The Labute approximate surface area is 82.0 Å². The van der Waals surface area contributed by atoms with Gasteiger partial charge in [-0.25, -0.2) is 4.74 Å². The van der Waals surface area contributed by atoms with Gasteiger partial charge in [-0.05, 0) is 24.3 Å². The van der Waals surface area contributed by atoms with E-state index >= 15 is 0 Å². The molecule has 13 heavy (non-hydrogen) atoms. The van der Waals surface area contributed by atoms with Crippen LogP contribution >= 0.6 is 11.6 Å². The van der Waals surface area contributed by atoms with Gasteiger partial charge in [0.25, 0.3) is 0 Å². The largest absolute Gasteiger partial charge is 0.624 e. The molecule has 0 atom stereocenters. The molecule has 1 saturated carbocycles. The van der Waals surface area contributed by atoms with Gasteiger partial charge in [-0.1, -0.05) is 11.6 Å². The Morgan fingerprint density at radius 1 is 1.31 bits per heavy atom. The lowest BCUT2D eigenvalue weighted by Crippen LogP contribution is -2.07. The Kier molecular flexibility index (Phi) is 2.23. The van der Waals surface area contributed by atoms with Crippen molar-refractivity contribution in [3.05, 3.63) is 40.1 Å². The summed E-state index contributed by atoms with van der Waals surface area (Å²) in [6.07, 6.45) is 3.66. The van der Waals surface area contributed by atoms with Crippen molar-refractivity contribution < 1.29 is 4.74 Å². The van der Waals surface area contributed by atoms with Crippen LogP contribution in [0, 0.1) is 5.21 Å². The molecule has 0 N–H and O–H groups in total. The zero-order chi connectivity index (χ0) is 9.26. The van der Waals surface area contributed by atoms with Crippen molar-refractivity contribution in [1.29, 1.82) is 0 Å². The summed E-state index contributed by atoms with van der Waals surface area (Å²) < 4.78 is 1.03. The van der Waals surface area contributed by atoms with E-state index < -0.39 is 0 Å². The van der Waals surface area contributed by atoms with Crippen LogP contribution in [0.3, 0.4) is 0 Å². The second-order valence-corrected chi connectivity index (χ2v) is 3.71. The van der Waals surface area contributed by atoms with E-state index in [2.05, 4.69) is 0 Å². The van der Waals surface area contributed by atoms with Gasteiger partial charge in [0.15, 0.2) is 12.3 Å². The molecule has 2 nitrogen and oxygen atoms in total. The van der Waals surface area contributed by atoms with E-state index in [9.17, 15) is 5.21 Å². The number of nitrogens with zero attached hydrogens (tertiary/aromatic N) is 1. The lowest BCUT2D eigenvalue weighted by molar-refractivity contribution is -0.467. The molecule has 1 aliphatic carbocycles. The first-order valence-electron chi connectivity index (χ1n) is 4.31. The lowest BCUT2D eigenvalue weighted by Gasteiger charge is -2.00. The SMILES string of the molecule is [O-]/[N+](=C\c1ccc(Cl)cc1)C1CC1. The van der Waals surface area contributed by atoms with Crippen LogP contribution in [0.2, 0.25) is 5.02 Å². The zero-order valence-corrected chi connectivity index (χ0v) is 7.87. The van der Waals surface area contributed by atoms with E-state index in [1.165, 1.54) is 0 Å². The Morgan fingerprint density at radius 3 is 2.46 bits per heavy atom. The van der Waals surface area contributed by atoms with E-state index in [-0.39, 0.29) is 6.04 Å². The molecule has 0 heterocycles. The molecule has 0 unspecified atom stereocenters. The predicted octanol–water partition coefficient (Wildman–Crippen LogP) is 2.43. The fraction of sp³-hybridized carbons (Fsp3) is 0.300. The molecule has 3 heteroatoms. The van der Waals surface area contributed by atoms with Gasteiger partial charge in [-0.3, -0.25) is 0 Å². The van der Waals surface area contributed by atoms with Crippen molar-refractivity contribution in [2.75, 3.05) is 0 Å². The van der Waals surface area contributed by atoms with Crippen LogP contribution < -0.4 is 0 Å². The highest BCUT2D eigenvalue weighted by Gasteiger charge is 2.29. The maximum Gasteiger partial charge on any atom is 0.182 e. The number of rotatable bonds is 2. The van der Waals surface area contributed by atoms with Crippen molar-refractivity contribution >= 4 is 17.8 Å². The molecule has 0 spiro atoms. The van der Waals surface area contributed by atoms with Crippen LogP contribution in [0.4, 0.5) is 0 Å². The standard InChI is InChI=1S/C10H10ClNO/c11-9-3-1-8(2-4-9)7-12(13)10-5-6-10/h1-4,7,10H,5-6H2/b12-7-. The normalized spacial score (nSPS) is 17.5. The summed E-state index contributed by atoms with van der Waals surface area (Å²) in [5.41, 5.74) is 0.909. The number of hydroxylamine groups is 1. The van der Waals surface area contributed by atoms with Crippen LogP contribution in [0.1, 0.15) is 18.4 Å².